The predicted molar refractivity (Wildman–Crippen MR) is 278 cm³/mol. The smallest absolute Gasteiger partial charge is 0.326 e. The molecule has 2 fully saturated rings. The maximum Gasteiger partial charge on any atom is 0.326 e. The first-order valence-corrected chi connectivity index (χ1v) is 25.4. The number of likely N-dealkylation sites (N-methyl/N-ethyl adjacent to an activating group) is 1. The number of pyridine rings is 1. The third-order valence-corrected chi connectivity index (χ3v) is 14.5. The first kappa shape index (κ1) is 53.4. The monoisotopic (exact) mass is 988 g/mol. The van der Waals surface area contributed by atoms with E-state index in [0.29, 0.717) is 56.8 Å². The number of nitrogens with zero attached hydrogens (tertiary/aromatic N) is 8. The molecule has 72 heavy (non-hydrogen) atoms. The SMILES string of the molecule is CCn1c(-c2cccnc2[C@H](C)OC)c2c3cc(ccc31)-c1cccc(c1)C[C@H](NC(=O)[C@H](C(C)C)N(C)C(=O)N1CCCN(C(=O)C#CC(C)(C)N(C)C)C1)C(=O)N1CCC[C@H](N1)[N+](=O)OCC(C)(C)C2. The van der Waals surface area contributed by atoms with Crippen LogP contribution in [0.1, 0.15) is 97.6 Å². The molecule has 3 aliphatic rings. The second-order valence-corrected chi connectivity index (χ2v) is 21.4. The normalized spacial score (nSPS) is 19.6. The minimum atomic E-state index is -1.09. The number of aryl methyl sites for hydroxylation is 1. The fourth-order valence-corrected chi connectivity index (χ4v) is 9.95. The van der Waals surface area contributed by atoms with Crippen molar-refractivity contribution in [3.8, 4) is 34.2 Å². The molecule has 4 atom stereocenters. The summed E-state index contributed by atoms with van der Waals surface area (Å²) in [6.45, 7) is 17.8. The summed E-state index contributed by atoms with van der Waals surface area (Å²) in [6.07, 6.45) is 2.83. The molecule has 17 nitrogen and oxygen atoms in total. The number of ether oxygens (including phenoxy) is 1. The van der Waals surface area contributed by atoms with E-state index in [-0.39, 0.29) is 37.6 Å². The third-order valence-electron chi connectivity index (χ3n) is 14.5. The van der Waals surface area contributed by atoms with Crippen molar-refractivity contribution in [1.82, 2.24) is 44.9 Å². The lowest BCUT2D eigenvalue weighted by Crippen LogP contribution is -2.63. The number of rotatable bonds is 9. The van der Waals surface area contributed by atoms with E-state index in [1.54, 1.807) is 30.2 Å². The van der Waals surface area contributed by atoms with E-state index in [0.717, 1.165) is 50.1 Å². The topological polar surface area (TPSA) is 165 Å². The van der Waals surface area contributed by atoms with Crippen LogP contribution in [-0.4, -0.2) is 148 Å². The highest BCUT2D eigenvalue weighted by molar-refractivity contribution is 5.96. The summed E-state index contributed by atoms with van der Waals surface area (Å²) in [6, 6.07) is 16.1. The van der Waals surface area contributed by atoms with E-state index in [1.807, 2.05) is 71.8 Å². The van der Waals surface area contributed by atoms with Crippen LogP contribution in [0.3, 0.4) is 0 Å². The fraction of sp³-hybridized carbons (Fsp3) is 0.545. The van der Waals surface area contributed by atoms with Gasteiger partial charge in [0.25, 0.3) is 11.8 Å². The molecule has 17 heteroatoms. The Kier molecular flexibility index (Phi) is 16.5. The molecule has 5 heterocycles. The number of hydrazine groups is 1. The molecule has 2 saturated heterocycles. The Bertz CT molecular complexity index is 2740. The number of amides is 5. The van der Waals surface area contributed by atoms with E-state index < -0.39 is 47.0 Å². The van der Waals surface area contributed by atoms with Crippen LogP contribution < -0.4 is 10.7 Å². The molecule has 2 aromatic heterocycles. The summed E-state index contributed by atoms with van der Waals surface area (Å²) in [5.41, 5.74) is 9.79. The molecule has 3 aliphatic heterocycles. The zero-order valence-corrected chi connectivity index (χ0v) is 44.4. The van der Waals surface area contributed by atoms with Crippen molar-refractivity contribution in [1.29, 1.82) is 0 Å². The highest BCUT2D eigenvalue weighted by Gasteiger charge is 2.41. The Hall–Kier alpha value is -6.35. The molecule has 0 aliphatic carbocycles. The third kappa shape index (κ3) is 11.6. The molecule has 6 bridgehead atoms. The van der Waals surface area contributed by atoms with Crippen molar-refractivity contribution < 1.29 is 33.7 Å². The highest BCUT2D eigenvalue weighted by atomic mass is 16.8. The van der Waals surface area contributed by atoms with Crippen LogP contribution in [0.25, 0.3) is 33.3 Å². The highest BCUT2D eigenvalue weighted by Crippen LogP contribution is 2.42. The van der Waals surface area contributed by atoms with Gasteiger partial charge in [-0.3, -0.25) is 29.3 Å². The quantitative estimate of drug-likeness (QED) is 0.171. The van der Waals surface area contributed by atoms with Crippen molar-refractivity contribution in [2.24, 2.45) is 11.3 Å². The van der Waals surface area contributed by atoms with Gasteiger partial charge in [0.1, 0.15) is 12.1 Å². The summed E-state index contributed by atoms with van der Waals surface area (Å²) in [5, 5.41) is 5.55. The molecule has 0 radical (unpaired) electrons. The Labute approximate surface area is 425 Å². The predicted octanol–water partition coefficient (Wildman–Crippen LogP) is 6.78. The van der Waals surface area contributed by atoms with E-state index >= 15 is 0 Å². The van der Waals surface area contributed by atoms with Crippen molar-refractivity contribution >= 4 is 34.7 Å². The molecule has 2 N–H and O–H groups in total. The second kappa shape index (κ2) is 22.2. The lowest BCUT2D eigenvalue weighted by atomic mass is 9.84. The number of carbonyl (C=O) groups excluding carboxylic acids is 4. The molecular weight excluding hydrogens is 913 g/mol. The maximum absolute atomic E-state index is 14.8. The lowest BCUT2D eigenvalue weighted by Gasteiger charge is -2.39. The van der Waals surface area contributed by atoms with E-state index in [2.05, 4.69) is 84.3 Å². The minimum absolute atomic E-state index is 0.0294. The van der Waals surface area contributed by atoms with Gasteiger partial charge in [0, 0.05) is 81.3 Å². The van der Waals surface area contributed by atoms with Crippen molar-refractivity contribution in [2.75, 3.05) is 61.2 Å². The van der Waals surface area contributed by atoms with Crippen LogP contribution in [0.4, 0.5) is 4.79 Å². The summed E-state index contributed by atoms with van der Waals surface area (Å²) in [7, 11) is 7.06. The average Bonchev–Trinajstić information content (AvgIpc) is 3.67. The standard InChI is InChI=1S/C55H74N10O7/c1-13-63-45-23-22-40-32-42(45)43(50(63)41-20-15-26-56-48(41)37(4)71-12)33-54(5,6)34-72-65(70)46-21-16-29-64(58-46)52(68)44(31-38-18-14-19-39(40)30-38)57-51(67)49(36(2)3)60(11)53(69)62-28-17-27-61(35-62)47(66)24-25-55(7,8)59(9)10/h14-15,18-20,22-23,26,30,32,36-37,44,46,49,58H,13,16-17,21,27-29,31,33-35H2,1-12H3/p+1/t37-,44-,46+,49-/m0/s1. The van der Waals surface area contributed by atoms with Crippen LogP contribution in [0, 0.1) is 28.1 Å². The summed E-state index contributed by atoms with van der Waals surface area (Å²) >= 11 is 0. The molecule has 4 aromatic rings. The molecule has 2 aromatic carbocycles. The number of aromatic nitrogens is 2. The summed E-state index contributed by atoms with van der Waals surface area (Å²) in [5.74, 6) is 4.15. The number of hydrogen-bond donors (Lipinski definition) is 2. The number of nitrogens with one attached hydrogen (secondary N) is 2. The average molecular weight is 988 g/mol. The van der Waals surface area contributed by atoms with Gasteiger partial charge in [-0.05, 0) is 119 Å². The summed E-state index contributed by atoms with van der Waals surface area (Å²) in [4.78, 5) is 88.9. The summed E-state index contributed by atoms with van der Waals surface area (Å²) < 4.78 is 8.16. The number of methoxy groups -OCH3 is 1. The molecule has 0 unspecified atom stereocenters. The molecule has 5 amide bonds. The first-order chi connectivity index (χ1) is 34.1. The number of hydrogen-bond acceptors (Lipinski definition) is 10. The van der Waals surface area contributed by atoms with Gasteiger partial charge in [-0.1, -0.05) is 63.9 Å². The van der Waals surface area contributed by atoms with Crippen molar-refractivity contribution in [3.63, 3.8) is 0 Å². The fourth-order valence-electron chi connectivity index (χ4n) is 9.95. The van der Waals surface area contributed by atoms with E-state index in [4.69, 9.17) is 14.6 Å². The van der Waals surface area contributed by atoms with Gasteiger partial charge in [0.2, 0.25) is 10.8 Å². The van der Waals surface area contributed by atoms with Gasteiger partial charge in [-0.2, -0.15) is 5.43 Å². The molecular formula is C55H75N10O7+. The first-order valence-electron chi connectivity index (χ1n) is 25.4. The van der Waals surface area contributed by atoms with E-state index in [9.17, 15) is 24.1 Å². The number of fused-ring (bicyclic) bond motifs is 6. The largest absolute Gasteiger partial charge is 0.375 e. The van der Waals surface area contributed by atoms with Crippen LogP contribution in [0.2, 0.25) is 0 Å². The van der Waals surface area contributed by atoms with Crippen LogP contribution in [-0.2, 0) is 43.3 Å². The Morgan fingerprint density at radius 1 is 1.01 bits per heavy atom. The van der Waals surface area contributed by atoms with Gasteiger partial charge in [0.05, 0.1) is 34.6 Å². The molecule has 0 spiro atoms. The number of urea groups is 1. The van der Waals surface area contributed by atoms with E-state index in [1.165, 1.54) is 9.91 Å². The number of benzene rings is 2. The Morgan fingerprint density at radius 3 is 2.46 bits per heavy atom. The van der Waals surface area contributed by atoms with Crippen molar-refractivity contribution in [2.45, 2.75) is 124 Å². The maximum atomic E-state index is 14.8. The van der Waals surface area contributed by atoms with Gasteiger partial charge in [-0.25, -0.2) is 9.63 Å². The lowest BCUT2D eigenvalue weighted by molar-refractivity contribution is -0.835. The zero-order chi connectivity index (χ0) is 52.2. The van der Waals surface area contributed by atoms with Crippen LogP contribution in [0.15, 0.2) is 60.8 Å². The molecule has 7 rings (SSSR count). The van der Waals surface area contributed by atoms with Gasteiger partial charge < -0.3 is 29.3 Å². The second-order valence-electron chi connectivity index (χ2n) is 21.4. The Balaban J connectivity index is 1.24. The van der Waals surface area contributed by atoms with Crippen LogP contribution in [0.5, 0.6) is 0 Å². The molecule has 386 valence electrons. The van der Waals surface area contributed by atoms with Crippen molar-refractivity contribution in [3.05, 3.63) is 82.5 Å². The van der Waals surface area contributed by atoms with Crippen LogP contribution >= 0.6 is 0 Å². The number of carbonyl (C=O) groups is 4. The molecule has 0 saturated carbocycles. The zero-order valence-electron chi connectivity index (χ0n) is 44.4. The minimum Gasteiger partial charge on any atom is -0.375 e. The Morgan fingerprint density at radius 2 is 1.75 bits per heavy atom. The van der Waals surface area contributed by atoms with Gasteiger partial charge in [-0.15, -0.1) is 0 Å². The van der Waals surface area contributed by atoms with Gasteiger partial charge >= 0.3 is 12.2 Å². The van der Waals surface area contributed by atoms with Gasteiger partial charge in [0.15, 0.2) is 6.61 Å².